The molecule has 0 atom stereocenters. The van der Waals surface area contributed by atoms with E-state index in [1.165, 1.54) is 11.3 Å². The van der Waals surface area contributed by atoms with Crippen LogP contribution >= 0.6 is 12.4 Å². The molecule has 2 aliphatic heterocycles. The van der Waals surface area contributed by atoms with Gasteiger partial charge in [0.1, 0.15) is 5.82 Å². The van der Waals surface area contributed by atoms with Crippen molar-refractivity contribution in [2.45, 2.75) is 19.8 Å². The van der Waals surface area contributed by atoms with Crippen molar-refractivity contribution in [1.29, 1.82) is 0 Å². The quantitative estimate of drug-likeness (QED) is 0.856. The van der Waals surface area contributed by atoms with E-state index in [1.54, 1.807) is 0 Å². The third kappa shape index (κ3) is 3.80. The summed E-state index contributed by atoms with van der Waals surface area (Å²) in [4.78, 5) is 14.4. The summed E-state index contributed by atoms with van der Waals surface area (Å²) in [7, 11) is 2.17. The number of halogens is 1. The van der Waals surface area contributed by atoms with Gasteiger partial charge in [0.15, 0.2) is 0 Å². The molecular formula is C15H27ClN6. The first-order valence-electron chi connectivity index (χ1n) is 8.06. The van der Waals surface area contributed by atoms with Gasteiger partial charge in [-0.05, 0) is 26.9 Å². The first kappa shape index (κ1) is 17.2. The molecule has 22 heavy (non-hydrogen) atoms. The fraction of sp³-hybridized carbons (Fsp3) is 0.733. The predicted molar refractivity (Wildman–Crippen MR) is 93.4 cm³/mol. The van der Waals surface area contributed by atoms with Gasteiger partial charge in [-0.1, -0.05) is 0 Å². The zero-order valence-electron chi connectivity index (χ0n) is 13.6. The van der Waals surface area contributed by atoms with Crippen molar-refractivity contribution >= 4 is 24.2 Å². The number of nitrogens with one attached hydrogen (secondary N) is 2. The van der Waals surface area contributed by atoms with E-state index in [-0.39, 0.29) is 12.4 Å². The summed E-state index contributed by atoms with van der Waals surface area (Å²) < 4.78 is 0. The van der Waals surface area contributed by atoms with Crippen LogP contribution < -0.4 is 15.5 Å². The van der Waals surface area contributed by atoms with Gasteiger partial charge in [0, 0.05) is 51.3 Å². The largest absolute Gasteiger partial charge is 0.370 e. The second-order valence-electron chi connectivity index (χ2n) is 5.87. The van der Waals surface area contributed by atoms with Crippen LogP contribution in [0.25, 0.3) is 0 Å². The van der Waals surface area contributed by atoms with E-state index in [0.29, 0.717) is 0 Å². The Kier molecular flexibility index (Phi) is 6.23. The van der Waals surface area contributed by atoms with Crippen molar-refractivity contribution in [1.82, 2.24) is 20.2 Å². The Hall–Kier alpha value is -1.11. The number of anilines is 2. The number of hydrogen-bond acceptors (Lipinski definition) is 6. The fourth-order valence-electron chi connectivity index (χ4n) is 2.99. The Bertz CT molecular complexity index is 487. The van der Waals surface area contributed by atoms with Gasteiger partial charge in [0.2, 0.25) is 5.95 Å². The molecule has 2 aliphatic rings. The minimum absolute atomic E-state index is 0. The molecular weight excluding hydrogens is 300 g/mol. The van der Waals surface area contributed by atoms with Gasteiger partial charge < -0.3 is 20.4 Å². The summed E-state index contributed by atoms with van der Waals surface area (Å²) in [6, 6.07) is 0. The maximum Gasteiger partial charge on any atom is 0.227 e. The van der Waals surface area contributed by atoms with Crippen LogP contribution in [0.4, 0.5) is 11.8 Å². The zero-order chi connectivity index (χ0) is 14.7. The third-order valence-corrected chi connectivity index (χ3v) is 4.30. The number of aromatic nitrogens is 2. The number of likely N-dealkylation sites (N-methyl/N-ethyl adjacent to an activating group) is 1. The molecule has 0 radical (unpaired) electrons. The number of piperazine rings is 1. The lowest BCUT2D eigenvalue weighted by Crippen LogP contribution is -2.45. The molecule has 3 rings (SSSR count). The Morgan fingerprint density at radius 2 is 1.82 bits per heavy atom. The van der Waals surface area contributed by atoms with Crippen LogP contribution in [0.5, 0.6) is 0 Å². The highest BCUT2D eigenvalue weighted by Gasteiger charge is 2.21. The van der Waals surface area contributed by atoms with Crippen molar-refractivity contribution in [3.05, 3.63) is 11.3 Å². The molecule has 1 aromatic heterocycles. The van der Waals surface area contributed by atoms with Gasteiger partial charge in [-0.25, -0.2) is 4.98 Å². The summed E-state index contributed by atoms with van der Waals surface area (Å²) >= 11 is 0. The van der Waals surface area contributed by atoms with E-state index in [2.05, 4.69) is 34.4 Å². The molecule has 6 nitrogen and oxygen atoms in total. The Morgan fingerprint density at radius 3 is 2.55 bits per heavy atom. The molecule has 0 saturated carbocycles. The highest BCUT2D eigenvalue weighted by atomic mass is 35.5. The third-order valence-electron chi connectivity index (χ3n) is 4.30. The van der Waals surface area contributed by atoms with Crippen LogP contribution in [0.15, 0.2) is 0 Å². The standard InChI is InChI=1S/C15H26N6.ClH/c1-3-17-14-12-4-6-16-7-5-13(12)18-15(19-14)21-10-8-20(2)9-11-21;/h16H,3-11H2,1-2H3,(H,17,18,19);1H. The maximum atomic E-state index is 4.88. The highest BCUT2D eigenvalue weighted by Crippen LogP contribution is 2.23. The molecule has 0 amide bonds. The van der Waals surface area contributed by atoms with E-state index < -0.39 is 0 Å². The molecule has 0 unspecified atom stereocenters. The van der Waals surface area contributed by atoms with Crippen molar-refractivity contribution in [3.8, 4) is 0 Å². The van der Waals surface area contributed by atoms with Gasteiger partial charge >= 0.3 is 0 Å². The molecule has 0 spiro atoms. The van der Waals surface area contributed by atoms with Crippen molar-refractivity contribution in [2.75, 3.05) is 63.1 Å². The van der Waals surface area contributed by atoms with E-state index in [4.69, 9.17) is 9.97 Å². The Morgan fingerprint density at radius 1 is 1.09 bits per heavy atom. The number of rotatable bonds is 3. The lowest BCUT2D eigenvalue weighted by Gasteiger charge is -2.33. The smallest absolute Gasteiger partial charge is 0.227 e. The minimum Gasteiger partial charge on any atom is -0.370 e. The van der Waals surface area contributed by atoms with Crippen LogP contribution in [0, 0.1) is 0 Å². The minimum atomic E-state index is 0. The molecule has 0 bridgehead atoms. The molecule has 0 aromatic carbocycles. The summed E-state index contributed by atoms with van der Waals surface area (Å²) in [5.74, 6) is 1.94. The second-order valence-corrected chi connectivity index (χ2v) is 5.87. The molecule has 7 heteroatoms. The SMILES string of the molecule is CCNc1nc(N2CCN(C)CC2)nc2c1CCNCC2.Cl. The predicted octanol–water partition coefficient (Wildman–Crippen LogP) is 0.770. The summed E-state index contributed by atoms with van der Waals surface area (Å²) in [6.45, 7) is 9.24. The number of nitrogens with zero attached hydrogens (tertiary/aromatic N) is 4. The van der Waals surface area contributed by atoms with Crippen LogP contribution in [0.2, 0.25) is 0 Å². The van der Waals surface area contributed by atoms with Gasteiger partial charge in [0.05, 0.1) is 5.69 Å². The summed E-state index contributed by atoms with van der Waals surface area (Å²) in [5.41, 5.74) is 2.53. The average molecular weight is 327 g/mol. The van der Waals surface area contributed by atoms with Crippen LogP contribution in [-0.4, -0.2) is 67.7 Å². The molecule has 2 N–H and O–H groups in total. The first-order valence-corrected chi connectivity index (χ1v) is 8.06. The highest BCUT2D eigenvalue weighted by molar-refractivity contribution is 5.85. The molecule has 0 aliphatic carbocycles. The van der Waals surface area contributed by atoms with E-state index >= 15 is 0 Å². The zero-order valence-corrected chi connectivity index (χ0v) is 14.4. The fourth-order valence-corrected chi connectivity index (χ4v) is 2.99. The Labute approximate surface area is 139 Å². The van der Waals surface area contributed by atoms with Gasteiger partial charge in [-0.3, -0.25) is 0 Å². The van der Waals surface area contributed by atoms with Gasteiger partial charge in [-0.2, -0.15) is 4.98 Å². The van der Waals surface area contributed by atoms with Crippen LogP contribution in [0.3, 0.4) is 0 Å². The van der Waals surface area contributed by atoms with Crippen LogP contribution in [-0.2, 0) is 12.8 Å². The van der Waals surface area contributed by atoms with Crippen molar-refractivity contribution in [3.63, 3.8) is 0 Å². The number of hydrogen-bond donors (Lipinski definition) is 2. The monoisotopic (exact) mass is 326 g/mol. The number of fused-ring (bicyclic) bond motifs is 1. The van der Waals surface area contributed by atoms with E-state index in [0.717, 1.165) is 70.4 Å². The maximum absolute atomic E-state index is 4.88. The average Bonchev–Trinajstić information content (AvgIpc) is 2.73. The van der Waals surface area contributed by atoms with Crippen molar-refractivity contribution in [2.24, 2.45) is 0 Å². The molecule has 124 valence electrons. The molecule has 3 heterocycles. The van der Waals surface area contributed by atoms with Gasteiger partial charge in [0.25, 0.3) is 0 Å². The summed E-state index contributed by atoms with van der Waals surface area (Å²) in [5, 5.41) is 6.89. The molecule has 1 saturated heterocycles. The van der Waals surface area contributed by atoms with Crippen LogP contribution in [0.1, 0.15) is 18.2 Å². The first-order chi connectivity index (χ1) is 10.3. The van der Waals surface area contributed by atoms with E-state index in [9.17, 15) is 0 Å². The van der Waals surface area contributed by atoms with Gasteiger partial charge in [-0.15, -0.1) is 12.4 Å². The van der Waals surface area contributed by atoms with Crippen molar-refractivity contribution < 1.29 is 0 Å². The lowest BCUT2D eigenvalue weighted by molar-refractivity contribution is 0.311. The lowest BCUT2D eigenvalue weighted by atomic mass is 10.1. The van der Waals surface area contributed by atoms with E-state index in [1.807, 2.05) is 0 Å². The molecule has 1 aromatic rings. The topological polar surface area (TPSA) is 56.3 Å². The normalized spacial score (nSPS) is 19.1. The second kappa shape index (κ2) is 7.94. The summed E-state index contributed by atoms with van der Waals surface area (Å²) in [6.07, 6.45) is 2.01. The Balaban J connectivity index is 0.00000176. The molecule has 1 fully saturated rings.